The lowest BCUT2D eigenvalue weighted by molar-refractivity contribution is 0.0692. The smallest absolute Gasteiger partial charge is 0.352 e. The van der Waals surface area contributed by atoms with Crippen LogP contribution in [0.3, 0.4) is 0 Å². The van der Waals surface area contributed by atoms with Crippen LogP contribution in [0.2, 0.25) is 0 Å². The number of aromatic amines is 2. The number of aromatic carboxylic acids is 1. The van der Waals surface area contributed by atoms with Gasteiger partial charge in [-0.25, -0.2) is 9.18 Å². The van der Waals surface area contributed by atoms with E-state index in [0.29, 0.717) is 38.9 Å². The highest BCUT2D eigenvalue weighted by Crippen LogP contribution is 2.37. The summed E-state index contributed by atoms with van der Waals surface area (Å²) >= 11 is 1.52. The first-order valence-electron chi connectivity index (χ1n) is 9.75. The third kappa shape index (κ3) is 3.77. The Morgan fingerprint density at radius 3 is 2.61 bits per heavy atom. The van der Waals surface area contributed by atoms with Crippen LogP contribution in [0.15, 0.2) is 59.5 Å². The number of carboxylic acid groups (broad SMARTS) is 1. The van der Waals surface area contributed by atoms with E-state index < -0.39 is 5.97 Å². The van der Waals surface area contributed by atoms with Gasteiger partial charge in [0.2, 0.25) is 0 Å². The quantitative estimate of drug-likeness (QED) is 0.379. The molecule has 158 valence electrons. The van der Waals surface area contributed by atoms with Crippen molar-refractivity contribution in [2.24, 2.45) is 0 Å². The van der Waals surface area contributed by atoms with Crippen LogP contribution in [0.1, 0.15) is 40.0 Å². The Morgan fingerprint density at radius 2 is 1.94 bits per heavy atom. The Bertz CT molecular complexity index is 1340. The van der Waals surface area contributed by atoms with E-state index in [-0.39, 0.29) is 23.0 Å². The minimum absolute atomic E-state index is 0.00589. The van der Waals surface area contributed by atoms with Crippen LogP contribution in [0.5, 0.6) is 0 Å². The summed E-state index contributed by atoms with van der Waals surface area (Å²) in [5.74, 6) is -1.23. The summed E-state index contributed by atoms with van der Waals surface area (Å²) < 4.78 is 14.6. The molecule has 0 spiro atoms. The Balaban J connectivity index is 1.94. The van der Waals surface area contributed by atoms with Crippen molar-refractivity contribution in [3.8, 4) is 11.1 Å². The molecule has 0 bridgehead atoms. The number of fused-ring (bicyclic) bond motifs is 1. The van der Waals surface area contributed by atoms with Crippen molar-refractivity contribution in [2.75, 3.05) is 6.26 Å². The van der Waals surface area contributed by atoms with E-state index in [1.54, 1.807) is 30.5 Å². The van der Waals surface area contributed by atoms with Gasteiger partial charge in [-0.05, 0) is 35.1 Å². The normalized spacial score (nSPS) is 12.2. The number of benzene rings is 2. The van der Waals surface area contributed by atoms with Crippen LogP contribution in [0.25, 0.3) is 22.0 Å². The largest absolute Gasteiger partial charge is 0.477 e. The van der Waals surface area contributed by atoms with Crippen molar-refractivity contribution in [1.29, 1.82) is 0 Å². The van der Waals surface area contributed by atoms with Gasteiger partial charge in [-0.3, -0.25) is 4.79 Å². The van der Waals surface area contributed by atoms with Gasteiger partial charge in [-0.2, -0.15) is 11.8 Å². The maximum atomic E-state index is 14.6. The van der Waals surface area contributed by atoms with Gasteiger partial charge in [-0.15, -0.1) is 0 Å². The number of nitrogens with one attached hydrogen (secondary N) is 2. The second-order valence-electron chi connectivity index (χ2n) is 7.37. The van der Waals surface area contributed by atoms with Crippen LogP contribution >= 0.6 is 11.8 Å². The molecule has 0 saturated heterocycles. The SMILES string of the molecule is CSCc1ccc(-c2c(C(=O)O)[nH]c3c(C(C)c4ccc[nH]c4=O)cccc23)cc1F. The summed E-state index contributed by atoms with van der Waals surface area (Å²) in [6.45, 7) is 1.90. The fourth-order valence-corrected chi connectivity index (χ4v) is 4.52. The molecular weight excluding hydrogens is 415 g/mol. The van der Waals surface area contributed by atoms with E-state index >= 15 is 0 Å². The fraction of sp³-hybridized carbons (Fsp3) is 0.167. The third-order valence-corrected chi connectivity index (χ3v) is 6.10. The average Bonchev–Trinajstić information content (AvgIpc) is 3.15. The zero-order valence-corrected chi connectivity index (χ0v) is 17.8. The minimum Gasteiger partial charge on any atom is -0.477 e. The number of H-pyrrole nitrogens is 2. The lowest BCUT2D eigenvalue weighted by Crippen LogP contribution is -2.14. The summed E-state index contributed by atoms with van der Waals surface area (Å²) in [4.78, 5) is 30.0. The Kier molecular flexibility index (Phi) is 5.69. The van der Waals surface area contributed by atoms with E-state index in [1.165, 1.54) is 17.8 Å². The first kappa shape index (κ1) is 20.9. The molecule has 0 aliphatic carbocycles. The number of para-hydroxylation sites is 1. The number of rotatable bonds is 6. The van der Waals surface area contributed by atoms with Crippen molar-refractivity contribution in [3.05, 3.63) is 93.3 Å². The lowest BCUT2D eigenvalue weighted by atomic mass is 9.91. The highest BCUT2D eigenvalue weighted by Gasteiger charge is 2.23. The van der Waals surface area contributed by atoms with Crippen molar-refractivity contribution < 1.29 is 14.3 Å². The van der Waals surface area contributed by atoms with Crippen LogP contribution < -0.4 is 5.56 Å². The van der Waals surface area contributed by atoms with Crippen molar-refractivity contribution in [2.45, 2.75) is 18.6 Å². The van der Waals surface area contributed by atoms with Crippen LogP contribution in [0, 0.1) is 5.82 Å². The molecule has 3 N–H and O–H groups in total. The first-order valence-corrected chi connectivity index (χ1v) is 11.1. The van der Waals surface area contributed by atoms with Gasteiger partial charge in [0.05, 0.1) is 5.52 Å². The topological polar surface area (TPSA) is 85.9 Å². The molecule has 4 aromatic rings. The molecule has 1 atom stereocenters. The van der Waals surface area contributed by atoms with Gasteiger partial charge >= 0.3 is 5.97 Å². The minimum atomic E-state index is -1.13. The number of carboxylic acids is 1. The van der Waals surface area contributed by atoms with Crippen LogP contribution in [-0.4, -0.2) is 27.3 Å². The zero-order chi connectivity index (χ0) is 22.1. The molecule has 0 aliphatic rings. The number of pyridine rings is 1. The van der Waals surface area contributed by atoms with Crippen LogP contribution in [-0.2, 0) is 5.75 Å². The standard InChI is InChI=1S/C24H21FN2O3S/c1-13(17-7-4-10-26-23(17)28)16-5-3-6-18-20(22(24(29)30)27-21(16)18)14-8-9-15(12-31-2)19(25)11-14/h3-11,13,27H,12H2,1-2H3,(H,26,28)(H,29,30). The van der Waals surface area contributed by atoms with E-state index in [0.717, 1.165) is 5.56 Å². The van der Waals surface area contributed by atoms with E-state index in [4.69, 9.17) is 0 Å². The fourth-order valence-electron chi connectivity index (χ4n) is 3.98. The van der Waals surface area contributed by atoms with E-state index in [2.05, 4.69) is 9.97 Å². The number of aromatic nitrogens is 2. The highest BCUT2D eigenvalue weighted by atomic mass is 32.2. The predicted molar refractivity (Wildman–Crippen MR) is 122 cm³/mol. The van der Waals surface area contributed by atoms with E-state index in [9.17, 15) is 19.1 Å². The molecule has 4 rings (SSSR count). The van der Waals surface area contributed by atoms with Gasteiger partial charge < -0.3 is 15.1 Å². The highest BCUT2D eigenvalue weighted by molar-refractivity contribution is 7.97. The Labute approximate surface area is 182 Å². The van der Waals surface area contributed by atoms with Crippen molar-refractivity contribution in [3.63, 3.8) is 0 Å². The van der Waals surface area contributed by atoms with Gasteiger partial charge in [0, 0.05) is 34.4 Å². The molecule has 0 aliphatic heterocycles. The molecule has 1 unspecified atom stereocenters. The third-order valence-electron chi connectivity index (χ3n) is 5.50. The maximum Gasteiger partial charge on any atom is 0.352 e. The number of thioether (sulfide) groups is 1. The van der Waals surface area contributed by atoms with Gasteiger partial charge in [0.15, 0.2) is 0 Å². The summed E-state index contributed by atoms with van der Waals surface area (Å²) in [6, 6.07) is 13.9. The van der Waals surface area contributed by atoms with Gasteiger partial charge in [0.1, 0.15) is 11.5 Å². The predicted octanol–water partition coefficient (Wildman–Crippen LogP) is 5.38. The molecule has 2 aromatic heterocycles. The number of halogens is 1. The van der Waals surface area contributed by atoms with Gasteiger partial charge in [0.25, 0.3) is 5.56 Å². The second-order valence-corrected chi connectivity index (χ2v) is 8.23. The molecule has 0 fully saturated rings. The molecule has 7 heteroatoms. The number of hydrogen-bond acceptors (Lipinski definition) is 3. The Morgan fingerprint density at radius 1 is 1.16 bits per heavy atom. The zero-order valence-electron chi connectivity index (χ0n) is 17.0. The molecule has 5 nitrogen and oxygen atoms in total. The molecule has 0 radical (unpaired) electrons. The molecule has 2 aromatic carbocycles. The Hall–Kier alpha value is -3.32. The van der Waals surface area contributed by atoms with Gasteiger partial charge in [-0.1, -0.05) is 43.3 Å². The molecule has 2 heterocycles. The molecular formula is C24H21FN2O3S. The summed E-state index contributed by atoms with van der Waals surface area (Å²) in [5.41, 5.74) is 3.31. The average molecular weight is 437 g/mol. The van der Waals surface area contributed by atoms with Crippen LogP contribution in [0.4, 0.5) is 4.39 Å². The lowest BCUT2D eigenvalue weighted by Gasteiger charge is -2.13. The molecule has 31 heavy (non-hydrogen) atoms. The number of carbonyl (C=O) groups is 1. The first-order chi connectivity index (χ1) is 14.9. The van der Waals surface area contributed by atoms with Crippen molar-refractivity contribution >= 4 is 28.6 Å². The summed E-state index contributed by atoms with van der Waals surface area (Å²) in [6.07, 6.45) is 3.47. The number of hydrogen-bond donors (Lipinski definition) is 3. The van der Waals surface area contributed by atoms with Crippen molar-refractivity contribution in [1.82, 2.24) is 9.97 Å². The summed E-state index contributed by atoms with van der Waals surface area (Å²) in [7, 11) is 0. The van der Waals surface area contributed by atoms with E-state index in [1.807, 2.05) is 31.4 Å². The maximum absolute atomic E-state index is 14.6. The summed E-state index contributed by atoms with van der Waals surface area (Å²) in [5, 5.41) is 10.5. The molecule has 0 saturated carbocycles. The second kappa shape index (κ2) is 8.43. The molecule has 0 amide bonds. The monoisotopic (exact) mass is 436 g/mol.